The standard InChI is InChI=1S/C6H12NO2/c8-4-5-1-2-7-3-6(5)9/h5-6,8-9H,1-4H2/t5-,6+/m1/s1. The first kappa shape index (κ1) is 6.99. The van der Waals surface area contributed by atoms with Crippen LogP contribution in [0.3, 0.4) is 0 Å². The predicted octanol–water partition coefficient (Wildman–Crippen LogP) is -1.04. The van der Waals surface area contributed by atoms with Crippen LogP contribution in [-0.2, 0) is 0 Å². The van der Waals surface area contributed by atoms with E-state index >= 15 is 0 Å². The van der Waals surface area contributed by atoms with Crippen molar-refractivity contribution in [2.75, 3.05) is 19.7 Å². The smallest absolute Gasteiger partial charge is 0.0731 e. The number of rotatable bonds is 1. The molecule has 0 amide bonds. The topological polar surface area (TPSA) is 54.6 Å². The van der Waals surface area contributed by atoms with Crippen molar-refractivity contribution in [2.45, 2.75) is 12.5 Å². The molecule has 3 nitrogen and oxygen atoms in total. The SMILES string of the molecule is OC[C@H]1CC[N]C[C@@H]1O. The van der Waals surface area contributed by atoms with Crippen LogP contribution in [0.4, 0.5) is 0 Å². The van der Waals surface area contributed by atoms with Crippen molar-refractivity contribution >= 4 is 0 Å². The van der Waals surface area contributed by atoms with Crippen molar-refractivity contribution in [3.8, 4) is 0 Å². The first-order valence-corrected chi connectivity index (χ1v) is 3.26. The Morgan fingerprint density at radius 2 is 2.33 bits per heavy atom. The van der Waals surface area contributed by atoms with Crippen molar-refractivity contribution in [2.24, 2.45) is 5.92 Å². The monoisotopic (exact) mass is 130 g/mol. The van der Waals surface area contributed by atoms with E-state index in [1.807, 2.05) is 0 Å². The molecule has 2 N–H and O–H groups in total. The van der Waals surface area contributed by atoms with Crippen molar-refractivity contribution in [3.63, 3.8) is 0 Å². The van der Waals surface area contributed by atoms with E-state index in [1.165, 1.54) is 0 Å². The summed E-state index contributed by atoms with van der Waals surface area (Å²) in [4.78, 5) is 0. The number of hydrogen-bond donors (Lipinski definition) is 2. The number of aliphatic hydroxyl groups excluding tert-OH is 2. The Bertz CT molecular complexity index is 87.1. The lowest BCUT2D eigenvalue weighted by Crippen LogP contribution is -2.38. The Labute approximate surface area is 54.7 Å². The van der Waals surface area contributed by atoms with Crippen LogP contribution in [0.1, 0.15) is 6.42 Å². The van der Waals surface area contributed by atoms with Gasteiger partial charge in [-0.3, -0.25) is 0 Å². The fourth-order valence-electron chi connectivity index (χ4n) is 1.04. The second-order valence-corrected chi connectivity index (χ2v) is 2.43. The van der Waals surface area contributed by atoms with Crippen LogP contribution >= 0.6 is 0 Å². The minimum Gasteiger partial charge on any atom is -0.396 e. The molecule has 0 saturated carbocycles. The predicted molar refractivity (Wildman–Crippen MR) is 33.1 cm³/mol. The van der Waals surface area contributed by atoms with Gasteiger partial charge in [0, 0.05) is 25.6 Å². The van der Waals surface area contributed by atoms with Gasteiger partial charge in [-0.2, -0.15) is 0 Å². The van der Waals surface area contributed by atoms with Crippen molar-refractivity contribution < 1.29 is 10.2 Å². The first-order valence-electron chi connectivity index (χ1n) is 3.26. The fraction of sp³-hybridized carbons (Fsp3) is 1.00. The number of piperidine rings is 1. The molecule has 1 aliphatic rings. The van der Waals surface area contributed by atoms with Crippen LogP contribution in [0.2, 0.25) is 0 Å². The molecule has 1 saturated heterocycles. The zero-order valence-corrected chi connectivity index (χ0v) is 5.32. The van der Waals surface area contributed by atoms with E-state index in [0.29, 0.717) is 6.54 Å². The summed E-state index contributed by atoms with van der Waals surface area (Å²) in [6.07, 6.45) is 0.432. The molecule has 2 atom stereocenters. The maximum Gasteiger partial charge on any atom is 0.0731 e. The average molecular weight is 130 g/mol. The van der Waals surface area contributed by atoms with Crippen LogP contribution < -0.4 is 5.32 Å². The van der Waals surface area contributed by atoms with Crippen LogP contribution in [0.25, 0.3) is 0 Å². The summed E-state index contributed by atoms with van der Waals surface area (Å²) >= 11 is 0. The third kappa shape index (κ3) is 1.64. The Kier molecular flexibility index (Phi) is 2.45. The molecule has 3 heteroatoms. The highest BCUT2D eigenvalue weighted by Crippen LogP contribution is 2.11. The summed E-state index contributed by atoms with van der Waals surface area (Å²) in [7, 11) is 0. The van der Waals surface area contributed by atoms with E-state index in [1.54, 1.807) is 0 Å². The number of nitrogens with zero attached hydrogens (tertiary/aromatic N) is 1. The molecule has 0 bridgehead atoms. The van der Waals surface area contributed by atoms with E-state index in [0.717, 1.165) is 13.0 Å². The van der Waals surface area contributed by atoms with E-state index < -0.39 is 6.10 Å². The number of hydrogen-bond acceptors (Lipinski definition) is 2. The minimum atomic E-state index is -0.399. The number of aliphatic hydroxyl groups is 2. The quantitative estimate of drug-likeness (QED) is 0.476. The van der Waals surface area contributed by atoms with Gasteiger partial charge in [-0.25, -0.2) is 5.32 Å². The Morgan fingerprint density at radius 1 is 1.56 bits per heavy atom. The Balaban J connectivity index is 2.30. The summed E-state index contributed by atoms with van der Waals surface area (Å²) in [5.74, 6) is 0.0718. The molecule has 0 aliphatic carbocycles. The molecule has 0 unspecified atom stereocenters. The molecule has 1 heterocycles. The summed E-state index contributed by atoms with van der Waals surface area (Å²) in [5, 5.41) is 21.8. The lowest BCUT2D eigenvalue weighted by molar-refractivity contribution is 0.0448. The van der Waals surface area contributed by atoms with Gasteiger partial charge in [-0.15, -0.1) is 0 Å². The van der Waals surface area contributed by atoms with E-state index in [9.17, 15) is 0 Å². The molecule has 0 spiro atoms. The molecule has 1 aliphatic heterocycles. The van der Waals surface area contributed by atoms with Crippen LogP contribution in [0.5, 0.6) is 0 Å². The van der Waals surface area contributed by atoms with Gasteiger partial charge in [-0.1, -0.05) is 0 Å². The lowest BCUT2D eigenvalue weighted by Gasteiger charge is -2.25. The molecule has 1 fully saturated rings. The zero-order chi connectivity index (χ0) is 6.69. The van der Waals surface area contributed by atoms with Crippen molar-refractivity contribution in [1.82, 2.24) is 5.32 Å². The highest BCUT2D eigenvalue weighted by molar-refractivity contribution is 4.75. The molecular weight excluding hydrogens is 118 g/mol. The average Bonchev–Trinajstić information content (AvgIpc) is 1.89. The van der Waals surface area contributed by atoms with Crippen LogP contribution in [-0.4, -0.2) is 36.0 Å². The Hall–Kier alpha value is -0.120. The third-order valence-corrected chi connectivity index (χ3v) is 1.75. The van der Waals surface area contributed by atoms with Crippen molar-refractivity contribution in [1.29, 1.82) is 0 Å². The van der Waals surface area contributed by atoms with Crippen LogP contribution in [0, 0.1) is 5.92 Å². The van der Waals surface area contributed by atoms with Gasteiger partial charge in [0.25, 0.3) is 0 Å². The van der Waals surface area contributed by atoms with E-state index in [2.05, 4.69) is 5.32 Å². The van der Waals surface area contributed by atoms with Crippen molar-refractivity contribution in [3.05, 3.63) is 0 Å². The molecule has 0 aromatic carbocycles. The van der Waals surface area contributed by atoms with Gasteiger partial charge in [-0.05, 0) is 6.42 Å². The lowest BCUT2D eigenvalue weighted by atomic mass is 9.96. The van der Waals surface area contributed by atoms with Crippen LogP contribution in [0.15, 0.2) is 0 Å². The Morgan fingerprint density at radius 3 is 2.78 bits per heavy atom. The van der Waals surface area contributed by atoms with Gasteiger partial charge in [0.2, 0.25) is 0 Å². The van der Waals surface area contributed by atoms with Gasteiger partial charge >= 0.3 is 0 Å². The molecular formula is C6H12NO2. The molecule has 0 aromatic heterocycles. The zero-order valence-electron chi connectivity index (χ0n) is 5.32. The van der Waals surface area contributed by atoms with Gasteiger partial charge in [0.1, 0.15) is 0 Å². The minimum absolute atomic E-state index is 0.0718. The maximum absolute atomic E-state index is 9.12. The second-order valence-electron chi connectivity index (χ2n) is 2.43. The van der Waals surface area contributed by atoms with Gasteiger partial charge in [0.05, 0.1) is 6.10 Å². The first-order chi connectivity index (χ1) is 4.34. The molecule has 1 rings (SSSR count). The molecule has 9 heavy (non-hydrogen) atoms. The highest BCUT2D eigenvalue weighted by atomic mass is 16.3. The second kappa shape index (κ2) is 3.15. The summed E-state index contributed by atoms with van der Waals surface area (Å²) < 4.78 is 0. The summed E-state index contributed by atoms with van der Waals surface area (Å²) in [5.41, 5.74) is 0. The van der Waals surface area contributed by atoms with E-state index in [4.69, 9.17) is 10.2 Å². The third-order valence-electron chi connectivity index (χ3n) is 1.75. The fourth-order valence-corrected chi connectivity index (χ4v) is 1.04. The normalized spacial score (nSPS) is 36.7. The molecule has 53 valence electrons. The van der Waals surface area contributed by atoms with E-state index in [-0.39, 0.29) is 12.5 Å². The summed E-state index contributed by atoms with van der Waals surface area (Å²) in [6.45, 7) is 1.39. The maximum atomic E-state index is 9.12. The van der Waals surface area contributed by atoms with Gasteiger partial charge < -0.3 is 10.2 Å². The highest BCUT2D eigenvalue weighted by Gasteiger charge is 2.21. The van der Waals surface area contributed by atoms with Gasteiger partial charge in [0.15, 0.2) is 0 Å². The molecule has 0 aromatic rings. The molecule has 1 radical (unpaired) electrons. The summed E-state index contributed by atoms with van der Waals surface area (Å²) in [6, 6.07) is 0. The largest absolute Gasteiger partial charge is 0.396 e.